The van der Waals surface area contributed by atoms with E-state index in [1.54, 1.807) is 0 Å². The van der Waals surface area contributed by atoms with Gasteiger partial charge in [-0.1, -0.05) is 61.2 Å². The number of Topliss-reactive ketones (excluding diaryl/α,β-unsaturated/α-hetero) is 1. The minimum atomic E-state index is -0.779. The molecule has 3 aliphatic carbocycles. The highest BCUT2D eigenvalue weighted by Crippen LogP contribution is 2.65. The van der Waals surface area contributed by atoms with Crippen molar-refractivity contribution in [3.8, 4) is 0 Å². The Balaban J connectivity index is 1.45. The third-order valence-electron chi connectivity index (χ3n) is 9.71. The quantitative estimate of drug-likeness (QED) is 0.0667. The van der Waals surface area contributed by atoms with E-state index in [0.29, 0.717) is 31.1 Å². The maximum Gasteiger partial charge on any atom is 0.481 e. The van der Waals surface area contributed by atoms with Crippen LogP contribution in [-0.4, -0.2) is 54.0 Å². The Morgan fingerprint density at radius 1 is 1.23 bits per heavy atom. The van der Waals surface area contributed by atoms with Gasteiger partial charge in [0.15, 0.2) is 5.03 Å². The van der Waals surface area contributed by atoms with Crippen LogP contribution >= 0.6 is 15.9 Å². The molecule has 2 bridgehead atoms. The lowest BCUT2D eigenvalue weighted by molar-refractivity contribution is -0.525. The molecule has 4 fully saturated rings. The molecule has 0 radical (unpaired) electrons. The number of guanidine groups is 1. The number of carbonyl (C=O) groups is 2. The van der Waals surface area contributed by atoms with Crippen LogP contribution in [0.3, 0.4) is 0 Å². The van der Waals surface area contributed by atoms with Gasteiger partial charge in [0.1, 0.15) is 5.78 Å². The normalized spacial score (nSPS) is 27.2. The second-order valence-corrected chi connectivity index (χ2v) is 14.5. The predicted molar refractivity (Wildman–Crippen MR) is 168 cm³/mol. The Kier molecular flexibility index (Phi) is 10.6. The predicted octanol–water partition coefficient (Wildman–Crippen LogP) is 4.24. The largest absolute Gasteiger partial charge is 0.481 e. The van der Waals surface area contributed by atoms with Gasteiger partial charge in [-0.3, -0.25) is 9.59 Å². The van der Waals surface area contributed by atoms with Crippen molar-refractivity contribution >= 4 is 40.7 Å². The summed E-state index contributed by atoms with van der Waals surface area (Å²) in [7, 11) is -0.562. The number of rotatable bonds is 14. The van der Waals surface area contributed by atoms with Crippen LogP contribution in [0.15, 0.2) is 33.7 Å². The van der Waals surface area contributed by atoms with Gasteiger partial charge in [0.2, 0.25) is 5.91 Å². The number of halogens is 1. The van der Waals surface area contributed by atoms with E-state index in [1.165, 1.54) is 0 Å². The second kappa shape index (κ2) is 13.6. The summed E-state index contributed by atoms with van der Waals surface area (Å²) in [4.78, 5) is 41.5. The molecule has 3 saturated carbocycles. The maximum absolute atomic E-state index is 13.8. The Hall–Kier alpha value is -2.51. The summed E-state index contributed by atoms with van der Waals surface area (Å²) in [5.74, 6) is -0.245. The van der Waals surface area contributed by atoms with Crippen LogP contribution in [0.2, 0.25) is 0 Å². The molecular weight excluding hydrogens is 617 g/mol. The number of amides is 1. The number of nitro groups is 1. The number of benzene rings is 1. The van der Waals surface area contributed by atoms with Gasteiger partial charge >= 0.3 is 7.12 Å². The van der Waals surface area contributed by atoms with Crippen LogP contribution in [0.1, 0.15) is 78.7 Å². The molecule has 0 unspecified atom stereocenters. The van der Waals surface area contributed by atoms with E-state index in [2.05, 4.69) is 60.9 Å². The van der Waals surface area contributed by atoms with Gasteiger partial charge in [0.25, 0.3) is 5.96 Å². The number of hydrogen-bond acceptors (Lipinski definition) is 7. The molecule has 4 aliphatic rings. The van der Waals surface area contributed by atoms with Crippen LogP contribution in [0.5, 0.6) is 0 Å². The molecule has 0 spiro atoms. The lowest BCUT2D eigenvalue weighted by Crippen LogP contribution is -2.65. The number of nitrogens with zero attached hydrogens (tertiary/aromatic N) is 2. The highest BCUT2D eigenvalue weighted by molar-refractivity contribution is 9.10. The second-order valence-electron chi connectivity index (χ2n) is 13.6. The molecular formula is C30H45BBrN5O6. The van der Waals surface area contributed by atoms with Crippen LogP contribution in [0, 0.1) is 39.2 Å². The van der Waals surface area contributed by atoms with Crippen molar-refractivity contribution in [2.24, 2.45) is 39.8 Å². The topological polar surface area (TPSA) is 158 Å². The van der Waals surface area contributed by atoms with Crippen LogP contribution in [-0.2, 0) is 25.3 Å². The van der Waals surface area contributed by atoms with Crippen molar-refractivity contribution in [1.29, 1.82) is 0 Å². The molecule has 1 saturated heterocycles. The van der Waals surface area contributed by atoms with Crippen molar-refractivity contribution < 1.29 is 23.9 Å². The number of hydrogen-bond donors (Lipinski definition) is 3. The average Bonchev–Trinajstić information content (AvgIpc) is 3.27. The molecule has 43 heavy (non-hydrogen) atoms. The van der Waals surface area contributed by atoms with Crippen LogP contribution < -0.4 is 16.5 Å². The zero-order valence-electron chi connectivity index (χ0n) is 25.8. The summed E-state index contributed by atoms with van der Waals surface area (Å²) < 4.78 is 14.2. The van der Waals surface area contributed by atoms with Gasteiger partial charge < -0.3 is 20.4 Å². The molecule has 1 amide bonds. The van der Waals surface area contributed by atoms with Crippen molar-refractivity contribution in [3.63, 3.8) is 0 Å². The van der Waals surface area contributed by atoms with Crippen molar-refractivity contribution in [2.75, 3.05) is 6.54 Å². The van der Waals surface area contributed by atoms with Crippen LogP contribution in [0.25, 0.3) is 0 Å². The lowest BCUT2D eigenvalue weighted by atomic mass is 9.43. The Labute approximate surface area is 262 Å². The number of carbonyl (C=O) groups excluding carboxylic acids is 2. The Morgan fingerprint density at radius 2 is 1.93 bits per heavy atom. The zero-order valence-corrected chi connectivity index (χ0v) is 27.4. The highest BCUT2D eigenvalue weighted by Gasteiger charge is 2.68. The molecule has 1 heterocycles. The van der Waals surface area contributed by atoms with E-state index in [0.717, 1.165) is 22.9 Å². The fourth-order valence-corrected chi connectivity index (χ4v) is 7.55. The van der Waals surface area contributed by atoms with E-state index in [1.807, 2.05) is 29.7 Å². The summed E-state index contributed by atoms with van der Waals surface area (Å²) in [6.45, 7) is 11.2. The third-order valence-corrected chi connectivity index (χ3v) is 10.2. The average molecular weight is 662 g/mol. The fourth-order valence-electron chi connectivity index (χ4n) is 7.29. The van der Waals surface area contributed by atoms with Gasteiger partial charge in [-0.25, -0.2) is 15.1 Å². The van der Waals surface area contributed by atoms with E-state index < -0.39 is 23.7 Å². The van der Waals surface area contributed by atoms with Gasteiger partial charge in [-0.05, 0) is 79.9 Å². The smallest absolute Gasteiger partial charge is 0.404 e. The maximum atomic E-state index is 13.8. The van der Waals surface area contributed by atoms with Crippen molar-refractivity contribution in [3.05, 3.63) is 44.4 Å². The lowest BCUT2D eigenvalue weighted by Gasteiger charge is -2.64. The molecule has 13 heteroatoms. The van der Waals surface area contributed by atoms with Crippen LogP contribution in [0.4, 0.5) is 0 Å². The number of aliphatic imine (C=N–C) groups is 1. The molecule has 1 aromatic rings. The SMILES string of the molecule is CC(C)C[C@H](NC(=O)[C@H](CCCN=C(N)N[N+](=O)[O-])CC(=O)Cc1ccc(Br)cc1)B1O[C@@H]2C[C@H]3C[C@H](C3(C)C)[C@]2(C)O1. The summed E-state index contributed by atoms with van der Waals surface area (Å²) in [6, 6.07) is 7.54. The number of hydrazine groups is 1. The molecule has 5 rings (SSSR count). The first-order valence-electron chi connectivity index (χ1n) is 15.3. The summed E-state index contributed by atoms with van der Waals surface area (Å²) in [5.41, 5.74) is 8.04. The molecule has 4 N–H and O–H groups in total. The molecule has 6 atom stereocenters. The molecule has 236 valence electrons. The van der Waals surface area contributed by atoms with E-state index in [4.69, 9.17) is 15.0 Å². The Bertz CT molecular complexity index is 1210. The minimum Gasteiger partial charge on any atom is -0.404 e. The van der Waals surface area contributed by atoms with Gasteiger partial charge in [-0.15, -0.1) is 0 Å². The first-order valence-corrected chi connectivity index (χ1v) is 16.1. The summed E-state index contributed by atoms with van der Waals surface area (Å²) in [5, 5.41) is 13.0. The van der Waals surface area contributed by atoms with Crippen molar-refractivity contribution in [2.45, 2.75) is 97.2 Å². The van der Waals surface area contributed by atoms with Gasteiger partial charge in [-0.2, -0.15) is 0 Å². The summed E-state index contributed by atoms with van der Waals surface area (Å²) >= 11 is 3.41. The monoisotopic (exact) mass is 661 g/mol. The molecule has 1 aromatic carbocycles. The minimum absolute atomic E-state index is 0.000202. The number of nitrogens with one attached hydrogen (secondary N) is 2. The number of nitrogens with two attached hydrogens (primary N) is 1. The number of ketones is 1. The first kappa shape index (κ1) is 33.4. The summed E-state index contributed by atoms with van der Waals surface area (Å²) in [6.07, 6.45) is 3.85. The van der Waals surface area contributed by atoms with E-state index in [9.17, 15) is 19.7 Å². The first-order chi connectivity index (χ1) is 20.2. The zero-order chi connectivity index (χ0) is 31.5. The fraction of sp³-hybridized carbons (Fsp3) is 0.700. The van der Waals surface area contributed by atoms with Gasteiger partial charge in [0, 0.05) is 29.8 Å². The highest BCUT2D eigenvalue weighted by atomic mass is 79.9. The van der Waals surface area contributed by atoms with E-state index in [-0.39, 0.29) is 60.4 Å². The Morgan fingerprint density at radius 3 is 2.56 bits per heavy atom. The molecule has 0 aromatic heterocycles. The molecule has 11 nitrogen and oxygen atoms in total. The van der Waals surface area contributed by atoms with Gasteiger partial charge in [0.05, 0.1) is 17.6 Å². The van der Waals surface area contributed by atoms with Crippen molar-refractivity contribution in [1.82, 2.24) is 10.7 Å². The third kappa shape index (κ3) is 7.96. The molecule has 1 aliphatic heterocycles. The van der Waals surface area contributed by atoms with E-state index >= 15 is 0 Å². The standard InChI is InChI=1S/C30H45BBrN5O6/c1-18(2)13-26(31-42-25-17-21-16-24(29(21,3)4)30(25,5)43-31)35-27(39)20(7-6-12-34-28(33)36-37(40)41)15-23(38)14-19-8-10-22(32)11-9-19/h8-11,18,20-21,24-26H,6-7,12-17H2,1-5H3,(H,35,39)(H3,33,34,36)/t20-,21-,24-,25-,26+,30+/m1/s1.